The molecule has 0 saturated heterocycles. The Morgan fingerprint density at radius 2 is 1.76 bits per heavy atom. The first kappa shape index (κ1) is 21.1. The van der Waals surface area contributed by atoms with Gasteiger partial charge in [-0.25, -0.2) is 9.97 Å². The van der Waals surface area contributed by atoms with Crippen molar-refractivity contribution < 1.29 is 9.21 Å². The lowest BCUT2D eigenvalue weighted by Crippen LogP contribution is -2.13. The maximum atomic E-state index is 13.4. The average molecular weight is 454 g/mol. The van der Waals surface area contributed by atoms with Crippen LogP contribution in [-0.2, 0) is 0 Å². The third kappa shape index (κ3) is 4.05. The van der Waals surface area contributed by atoms with E-state index in [2.05, 4.69) is 37.4 Å². The molecule has 1 amide bonds. The Balaban J connectivity index is 1.53. The Hall–Kier alpha value is -3.77. The number of rotatable bonds is 4. The Labute approximate surface area is 196 Å². The van der Waals surface area contributed by atoms with Gasteiger partial charge in [-0.05, 0) is 63.6 Å². The molecule has 1 N–H and O–H groups in total. The molecule has 3 aromatic heterocycles. The van der Waals surface area contributed by atoms with Crippen molar-refractivity contribution in [3.63, 3.8) is 0 Å². The Morgan fingerprint density at radius 1 is 0.939 bits per heavy atom. The van der Waals surface area contributed by atoms with Crippen LogP contribution in [0.3, 0.4) is 0 Å². The van der Waals surface area contributed by atoms with Gasteiger partial charge in [0.15, 0.2) is 10.9 Å². The Morgan fingerprint density at radius 3 is 2.55 bits per heavy atom. The fraction of sp³-hybridized carbons (Fsp3) is 0.148. The molecule has 0 radical (unpaired) electrons. The first-order chi connectivity index (χ1) is 15.9. The van der Waals surface area contributed by atoms with Crippen molar-refractivity contribution in [2.24, 2.45) is 0 Å². The minimum atomic E-state index is -0.223. The normalized spacial score (nSPS) is 11.2. The molecule has 0 unspecified atom stereocenters. The number of thiazole rings is 1. The lowest BCUT2D eigenvalue weighted by Gasteiger charge is -2.08. The van der Waals surface area contributed by atoms with Crippen LogP contribution in [0.25, 0.3) is 33.6 Å². The predicted octanol–water partition coefficient (Wildman–Crippen LogP) is 7.10. The van der Waals surface area contributed by atoms with Crippen LogP contribution >= 0.6 is 11.3 Å². The molecule has 6 heteroatoms. The zero-order valence-corrected chi connectivity index (χ0v) is 19.7. The van der Waals surface area contributed by atoms with E-state index in [0.29, 0.717) is 22.1 Å². The molecule has 0 atom stereocenters. The summed E-state index contributed by atoms with van der Waals surface area (Å²) in [6, 6.07) is 19.5. The molecule has 0 bridgehead atoms. The van der Waals surface area contributed by atoms with Gasteiger partial charge in [0, 0.05) is 15.8 Å². The van der Waals surface area contributed by atoms with Crippen LogP contribution in [0.15, 0.2) is 65.1 Å². The number of anilines is 1. The molecular weight excluding hydrogens is 430 g/mol. The fourth-order valence-corrected chi connectivity index (χ4v) is 4.74. The molecule has 0 aliphatic heterocycles. The second-order valence-corrected chi connectivity index (χ2v) is 9.38. The van der Waals surface area contributed by atoms with Gasteiger partial charge >= 0.3 is 0 Å². The fourth-order valence-electron chi connectivity index (χ4n) is 3.92. The summed E-state index contributed by atoms with van der Waals surface area (Å²) in [6.07, 6.45) is 0. The van der Waals surface area contributed by atoms with E-state index in [1.54, 1.807) is 6.07 Å². The number of aryl methyl sites for hydroxylation is 4. The van der Waals surface area contributed by atoms with Crippen LogP contribution in [0.2, 0.25) is 0 Å². The molecule has 3 heterocycles. The summed E-state index contributed by atoms with van der Waals surface area (Å²) < 4.78 is 5.76. The summed E-state index contributed by atoms with van der Waals surface area (Å²) in [7, 11) is 0. The van der Waals surface area contributed by atoms with Gasteiger partial charge in [-0.2, -0.15) is 0 Å². The molecule has 5 rings (SSSR count). The van der Waals surface area contributed by atoms with Gasteiger partial charge in [0.2, 0.25) is 0 Å². The van der Waals surface area contributed by atoms with Crippen molar-refractivity contribution in [1.29, 1.82) is 0 Å². The standard InChI is InChI=1S/C27H23N3O2S/c1-15-9-10-16(2)20(13-15)25-18(4)33-27(29-25)30-26(31)21-14-23(24-12-11-17(3)32-24)28-22-8-6-5-7-19(21)22/h5-14H,1-4H3,(H,29,30,31). The van der Waals surface area contributed by atoms with Crippen molar-refractivity contribution >= 4 is 33.3 Å². The highest BCUT2D eigenvalue weighted by atomic mass is 32.1. The number of carbonyl (C=O) groups excluding carboxylic acids is 1. The number of hydrogen-bond acceptors (Lipinski definition) is 5. The van der Waals surface area contributed by atoms with E-state index < -0.39 is 0 Å². The van der Waals surface area contributed by atoms with Gasteiger partial charge in [-0.1, -0.05) is 35.9 Å². The van der Waals surface area contributed by atoms with Crippen LogP contribution in [-0.4, -0.2) is 15.9 Å². The molecule has 2 aromatic carbocycles. The minimum Gasteiger partial charge on any atom is -0.460 e. The van der Waals surface area contributed by atoms with Gasteiger partial charge in [0.25, 0.3) is 5.91 Å². The summed E-state index contributed by atoms with van der Waals surface area (Å²) in [5.74, 6) is 1.21. The molecule has 0 aliphatic carbocycles. The van der Waals surface area contributed by atoms with Crippen molar-refractivity contribution in [2.75, 3.05) is 5.32 Å². The Kier molecular flexibility index (Phi) is 5.30. The monoisotopic (exact) mass is 453 g/mol. The summed E-state index contributed by atoms with van der Waals surface area (Å²) >= 11 is 1.48. The van der Waals surface area contributed by atoms with E-state index >= 15 is 0 Å². The first-order valence-corrected chi connectivity index (χ1v) is 11.5. The number of nitrogens with zero attached hydrogens (tertiary/aromatic N) is 2. The smallest absolute Gasteiger partial charge is 0.258 e. The van der Waals surface area contributed by atoms with Crippen LogP contribution in [0.5, 0.6) is 0 Å². The number of pyridine rings is 1. The van der Waals surface area contributed by atoms with E-state index in [1.807, 2.05) is 50.2 Å². The third-order valence-electron chi connectivity index (χ3n) is 5.62. The number of carbonyl (C=O) groups is 1. The summed E-state index contributed by atoms with van der Waals surface area (Å²) in [6.45, 7) is 8.06. The second kappa shape index (κ2) is 8.30. The maximum absolute atomic E-state index is 13.4. The molecule has 0 aliphatic rings. The van der Waals surface area contributed by atoms with Crippen LogP contribution in [0.1, 0.15) is 32.1 Å². The molecule has 164 valence electrons. The zero-order valence-electron chi connectivity index (χ0n) is 18.9. The van der Waals surface area contributed by atoms with Gasteiger partial charge < -0.3 is 4.42 Å². The number of benzene rings is 2. The van der Waals surface area contributed by atoms with Crippen molar-refractivity contribution in [2.45, 2.75) is 27.7 Å². The topological polar surface area (TPSA) is 68.0 Å². The van der Waals surface area contributed by atoms with E-state index in [9.17, 15) is 4.79 Å². The highest BCUT2D eigenvalue weighted by Crippen LogP contribution is 2.33. The number of hydrogen-bond donors (Lipinski definition) is 1. The Bertz CT molecular complexity index is 1510. The molecule has 0 saturated carbocycles. The summed E-state index contributed by atoms with van der Waals surface area (Å²) in [5.41, 5.74) is 6.23. The van der Waals surface area contributed by atoms with E-state index in [-0.39, 0.29) is 5.91 Å². The molecular formula is C27H23N3O2S. The number of fused-ring (bicyclic) bond motifs is 1. The van der Waals surface area contributed by atoms with Crippen LogP contribution < -0.4 is 5.32 Å². The maximum Gasteiger partial charge on any atom is 0.258 e. The van der Waals surface area contributed by atoms with Gasteiger partial charge in [0.05, 0.1) is 16.8 Å². The van der Waals surface area contributed by atoms with E-state index in [4.69, 9.17) is 14.4 Å². The zero-order chi connectivity index (χ0) is 23.1. The highest BCUT2D eigenvalue weighted by molar-refractivity contribution is 7.16. The van der Waals surface area contributed by atoms with Crippen molar-refractivity contribution in [3.8, 4) is 22.7 Å². The summed E-state index contributed by atoms with van der Waals surface area (Å²) in [4.78, 5) is 23.9. The SMILES string of the molecule is Cc1ccc(C)c(-c2nc(NC(=O)c3cc(-c4ccc(C)o4)nc4ccccc34)sc2C)c1. The third-order valence-corrected chi connectivity index (χ3v) is 6.51. The minimum absolute atomic E-state index is 0.223. The van der Waals surface area contributed by atoms with Crippen LogP contribution in [0, 0.1) is 27.7 Å². The largest absolute Gasteiger partial charge is 0.460 e. The molecule has 33 heavy (non-hydrogen) atoms. The highest BCUT2D eigenvalue weighted by Gasteiger charge is 2.18. The number of aromatic nitrogens is 2. The number of nitrogens with one attached hydrogen (secondary N) is 1. The quantitative estimate of drug-likeness (QED) is 0.315. The van der Waals surface area contributed by atoms with E-state index in [0.717, 1.165) is 38.4 Å². The number of para-hydroxylation sites is 1. The molecule has 5 aromatic rings. The lowest BCUT2D eigenvalue weighted by atomic mass is 10.0. The molecule has 0 fully saturated rings. The van der Waals surface area contributed by atoms with E-state index in [1.165, 1.54) is 16.9 Å². The van der Waals surface area contributed by atoms with Crippen molar-refractivity contribution in [3.05, 3.63) is 88.0 Å². The van der Waals surface area contributed by atoms with Crippen LogP contribution in [0.4, 0.5) is 5.13 Å². The summed E-state index contributed by atoms with van der Waals surface area (Å²) in [5, 5.41) is 4.37. The lowest BCUT2D eigenvalue weighted by molar-refractivity contribution is 0.102. The first-order valence-electron chi connectivity index (χ1n) is 10.7. The van der Waals surface area contributed by atoms with Gasteiger partial charge in [0.1, 0.15) is 11.5 Å². The number of amides is 1. The molecule has 5 nitrogen and oxygen atoms in total. The number of furan rings is 1. The van der Waals surface area contributed by atoms with Crippen molar-refractivity contribution in [1.82, 2.24) is 9.97 Å². The van der Waals surface area contributed by atoms with Gasteiger partial charge in [-0.3, -0.25) is 10.1 Å². The molecule has 0 spiro atoms. The second-order valence-electron chi connectivity index (χ2n) is 8.18. The predicted molar refractivity (Wildman–Crippen MR) is 134 cm³/mol. The average Bonchev–Trinajstić information content (AvgIpc) is 3.39. The van der Waals surface area contributed by atoms with Gasteiger partial charge in [-0.15, -0.1) is 11.3 Å².